The SMILES string of the molecule is CCCCCCCCCCCCCC(N)C(=O)O.[NaH]. The number of hydrogen-bond acceptors (Lipinski definition) is 2. The molecule has 0 aromatic carbocycles. The molecular formula is C15H32NNaO2. The van der Waals surface area contributed by atoms with Crippen molar-refractivity contribution in [2.75, 3.05) is 0 Å². The number of aliphatic carboxylic acids is 1. The van der Waals surface area contributed by atoms with Crippen LogP contribution in [0.5, 0.6) is 0 Å². The molecule has 0 saturated carbocycles. The van der Waals surface area contributed by atoms with Crippen molar-refractivity contribution in [3.05, 3.63) is 0 Å². The molecule has 3 N–H and O–H groups in total. The van der Waals surface area contributed by atoms with Gasteiger partial charge < -0.3 is 10.8 Å². The van der Waals surface area contributed by atoms with Crippen LogP contribution in [0.1, 0.15) is 84.0 Å². The quantitative estimate of drug-likeness (QED) is 0.401. The average molecular weight is 281 g/mol. The van der Waals surface area contributed by atoms with Crippen molar-refractivity contribution < 1.29 is 9.90 Å². The van der Waals surface area contributed by atoms with E-state index in [9.17, 15) is 4.79 Å². The molecule has 0 saturated heterocycles. The number of unbranched alkanes of at least 4 members (excludes halogenated alkanes) is 10. The molecule has 1 atom stereocenters. The molecule has 19 heavy (non-hydrogen) atoms. The summed E-state index contributed by atoms with van der Waals surface area (Å²) in [5, 5.41) is 8.62. The van der Waals surface area contributed by atoms with Crippen molar-refractivity contribution >= 4 is 35.5 Å². The summed E-state index contributed by atoms with van der Waals surface area (Å²) in [6.07, 6.45) is 14.7. The van der Waals surface area contributed by atoms with Gasteiger partial charge in [-0.05, 0) is 6.42 Å². The second-order valence-corrected chi connectivity index (χ2v) is 5.27. The molecule has 0 amide bonds. The molecule has 0 aliphatic heterocycles. The number of rotatable bonds is 13. The van der Waals surface area contributed by atoms with Crippen LogP contribution in [0, 0.1) is 0 Å². The number of nitrogens with two attached hydrogens (primary N) is 1. The summed E-state index contributed by atoms with van der Waals surface area (Å²) in [7, 11) is 0. The van der Waals surface area contributed by atoms with Gasteiger partial charge in [-0.2, -0.15) is 0 Å². The maximum atomic E-state index is 10.5. The Labute approximate surface area is 141 Å². The van der Waals surface area contributed by atoms with E-state index in [1.807, 2.05) is 0 Å². The van der Waals surface area contributed by atoms with Gasteiger partial charge in [0.2, 0.25) is 0 Å². The number of carboxylic acid groups (broad SMARTS) is 1. The van der Waals surface area contributed by atoms with E-state index in [4.69, 9.17) is 10.8 Å². The molecule has 0 fully saturated rings. The second kappa shape index (κ2) is 16.5. The first-order chi connectivity index (χ1) is 8.68. The fraction of sp³-hybridized carbons (Fsp3) is 0.933. The van der Waals surface area contributed by atoms with E-state index >= 15 is 0 Å². The first-order valence-corrected chi connectivity index (χ1v) is 7.67. The van der Waals surface area contributed by atoms with Crippen molar-refractivity contribution in [1.29, 1.82) is 0 Å². The Balaban J connectivity index is 0. The molecule has 0 aromatic rings. The monoisotopic (exact) mass is 281 g/mol. The molecule has 1 unspecified atom stereocenters. The Morgan fingerprint density at radius 2 is 1.26 bits per heavy atom. The van der Waals surface area contributed by atoms with Crippen LogP contribution in [0.15, 0.2) is 0 Å². The number of carbonyl (C=O) groups is 1. The Hall–Kier alpha value is 0.430. The number of carboxylic acids is 1. The van der Waals surface area contributed by atoms with Crippen molar-refractivity contribution in [3.63, 3.8) is 0 Å². The van der Waals surface area contributed by atoms with Crippen molar-refractivity contribution in [2.45, 2.75) is 90.0 Å². The van der Waals surface area contributed by atoms with Gasteiger partial charge in [0.25, 0.3) is 0 Å². The zero-order chi connectivity index (χ0) is 13.6. The molecular weight excluding hydrogens is 249 g/mol. The predicted molar refractivity (Wildman–Crippen MR) is 83.8 cm³/mol. The third-order valence-corrected chi connectivity index (χ3v) is 3.44. The average Bonchev–Trinajstić information content (AvgIpc) is 2.35. The molecule has 0 spiro atoms. The molecule has 0 heterocycles. The molecule has 0 rings (SSSR count). The van der Waals surface area contributed by atoms with E-state index in [1.165, 1.54) is 57.8 Å². The molecule has 0 aliphatic carbocycles. The van der Waals surface area contributed by atoms with Crippen LogP contribution in [0.4, 0.5) is 0 Å². The molecule has 110 valence electrons. The van der Waals surface area contributed by atoms with Gasteiger partial charge in [-0.1, -0.05) is 77.6 Å². The summed E-state index contributed by atoms with van der Waals surface area (Å²) < 4.78 is 0. The van der Waals surface area contributed by atoms with Gasteiger partial charge in [0, 0.05) is 0 Å². The van der Waals surface area contributed by atoms with Crippen molar-refractivity contribution in [2.24, 2.45) is 5.73 Å². The van der Waals surface area contributed by atoms with Crippen LogP contribution in [-0.2, 0) is 4.79 Å². The Bertz CT molecular complexity index is 201. The van der Waals surface area contributed by atoms with E-state index in [2.05, 4.69) is 6.92 Å². The normalized spacial score (nSPS) is 11.9. The molecule has 0 radical (unpaired) electrons. The minimum absolute atomic E-state index is 0. The van der Waals surface area contributed by atoms with Gasteiger partial charge in [0.15, 0.2) is 0 Å². The minimum atomic E-state index is -0.873. The first-order valence-electron chi connectivity index (χ1n) is 7.67. The predicted octanol–water partition coefficient (Wildman–Crippen LogP) is 3.45. The van der Waals surface area contributed by atoms with Gasteiger partial charge in [0.05, 0.1) is 0 Å². The van der Waals surface area contributed by atoms with Crippen LogP contribution in [-0.4, -0.2) is 46.7 Å². The summed E-state index contributed by atoms with van der Waals surface area (Å²) in [4.78, 5) is 10.5. The van der Waals surface area contributed by atoms with Crippen LogP contribution in [0.3, 0.4) is 0 Å². The van der Waals surface area contributed by atoms with E-state index in [1.54, 1.807) is 0 Å². The molecule has 4 heteroatoms. The molecule has 0 aromatic heterocycles. The summed E-state index contributed by atoms with van der Waals surface area (Å²) in [6, 6.07) is -0.663. The van der Waals surface area contributed by atoms with Gasteiger partial charge in [-0.15, -0.1) is 0 Å². The van der Waals surface area contributed by atoms with Crippen molar-refractivity contribution in [3.8, 4) is 0 Å². The number of hydrogen-bond donors (Lipinski definition) is 2. The summed E-state index contributed by atoms with van der Waals surface area (Å²) in [6.45, 7) is 2.25. The first kappa shape index (κ1) is 21.7. The molecule has 0 aliphatic rings. The molecule has 3 nitrogen and oxygen atoms in total. The Morgan fingerprint density at radius 1 is 0.895 bits per heavy atom. The zero-order valence-electron chi connectivity index (χ0n) is 12.0. The van der Waals surface area contributed by atoms with E-state index in [0.717, 1.165) is 12.8 Å². The fourth-order valence-corrected chi connectivity index (χ4v) is 2.15. The van der Waals surface area contributed by atoms with Crippen LogP contribution >= 0.6 is 0 Å². The standard InChI is InChI=1S/C15H31NO2.Na.H/c1-2-3-4-5-6-7-8-9-10-11-12-13-14(16)15(17)18;;/h14H,2-13,16H2,1H3,(H,17,18);;. The Morgan fingerprint density at radius 3 is 1.63 bits per heavy atom. The second-order valence-electron chi connectivity index (χ2n) is 5.27. The Kier molecular flexibility index (Phi) is 18.8. The van der Waals surface area contributed by atoms with Gasteiger partial charge in [-0.25, -0.2) is 0 Å². The zero-order valence-corrected chi connectivity index (χ0v) is 12.0. The van der Waals surface area contributed by atoms with Crippen molar-refractivity contribution in [1.82, 2.24) is 0 Å². The fourth-order valence-electron chi connectivity index (χ4n) is 2.15. The summed E-state index contributed by atoms with van der Waals surface area (Å²) in [5.74, 6) is -0.873. The van der Waals surface area contributed by atoms with E-state index < -0.39 is 12.0 Å². The topological polar surface area (TPSA) is 63.3 Å². The summed E-state index contributed by atoms with van der Waals surface area (Å²) >= 11 is 0. The van der Waals surface area contributed by atoms with Gasteiger partial charge in [-0.3, -0.25) is 4.79 Å². The van der Waals surface area contributed by atoms with Crippen LogP contribution < -0.4 is 5.73 Å². The maximum absolute atomic E-state index is 10.5. The summed E-state index contributed by atoms with van der Waals surface area (Å²) in [5.41, 5.74) is 5.44. The van der Waals surface area contributed by atoms with Gasteiger partial charge in [0.1, 0.15) is 6.04 Å². The third kappa shape index (κ3) is 16.4. The van der Waals surface area contributed by atoms with E-state index in [-0.39, 0.29) is 29.6 Å². The third-order valence-electron chi connectivity index (χ3n) is 3.44. The van der Waals surface area contributed by atoms with Gasteiger partial charge >= 0.3 is 35.5 Å². The van der Waals surface area contributed by atoms with Crippen LogP contribution in [0.2, 0.25) is 0 Å². The molecule has 0 bridgehead atoms. The van der Waals surface area contributed by atoms with E-state index in [0.29, 0.717) is 6.42 Å². The van der Waals surface area contributed by atoms with Crippen LogP contribution in [0.25, 0.3) is 0 Å².